The van der Waals surface area contributed by atoms with Crippen LogP contribution in [0.2, 0.25) is 0 Å². The molecule has 0 saturated carbocycles. The molecule has 0 radical (unpaired) electrons. The number of benzene rings is 2. The third kappa shape index (κ3) is 7.09. The van der Waals surface area contributed by atoms with Crippen molar-refractivity contribution in [3.8, 4) is 5.75 Å². The van der Waals surface area contributed by atoms with Crippen molar-refractivity contribution in [1.82, 2.24) is 4.90 Å². The standard InChI is InChI=1S/C26H30F3NO3/c1-3-24(25(31)32-4-2)33-23-11-5-19(6-12-23)13-16-30-17-14-21(15-18-30)20-7-9-22(10-8-20)26(27,28)29/h5-12,14,24H,3-4,13,15-18H2,1-2H3. The van der Waals surface area contributed by atoms with E-state index in [9.17, 15) is 18.0 Å². The van der Waals surface area contributed by atoms with Crippen LogP contribution in [0.5, 0.6) is 5.75 Å². The van der Waals surface area contributed by atoms with Gasteiger partial charge in [0.1, 0.15) is 5.75 Å². The second kappa shape index (κ2) is 11.4. The number of hydrogen-bond acceptors (Lipinski definition) is 4. The summed E-state index contributed by atoms with van der Waals surface area (Å²) in [5.74, 6) is 0.290. The quantitative estimate of drug-likeness (QED) is 0.445. The Morgan fingerprint density at radius 3 is 2.30 bits per heavy atom. The maximum Gasteiger partial charge on any atom is 0.416 e. The first-order valence-corrected chi connectivity index (χ1v) is 11.3. The van der Waals surface area contributed by atoms with Gasteiger partial charge in [0.25, 0.3) is 0 Å². The lowest BCUT2D eigenvalue weighted by Gasteiger charge is -2.26. The normalized spacial score (nSPS) is 15.6. The van der Waals surface area contributed by atoms with Crippen molar-refractivity contribution in [1.29, 1.82) is 0 Å². The Labute approximate surface area is 193 Å². The second-order valence-corrected chi connectivity index (χ2v) is 8.02. The van der Waals surface area contributed by atoms with Crippen LogP contribution >= 0.6 is 0 Å². The highest BCUT2D eigenvalue weighted by atomic mass is 19.4. The van der Waals surface area contributed by atoms with Crippen LogP contribution < -0.4 is 4.74 Å². The highest BCUT2D eigenvalue weighted by Gasteiger charge is 2.30. The number of alkyl halides is 3. The van der Waals surface area contributed by atoms with Crippen LogP contribution in [0.4, 0.5) is 13.2 Å². The van der Waals surface area contributed by atoms with Gasteiger partial charge in [0.2, 0.25) is 0 Å². The van der Waals surface area contributed by atoms with E-state index in [4.69, 9.17) is 9.47 Å². The maximum atomic E-state index is 12.7. The summed E-state index contributed by atoms with van der Waals surface area (Å²) in [4.78, 5) is 14.2. The summed E-state index contributed by atoms with van der Waals surface area (Å²) in [6.45, 7) is 6.51. The summed E-state index contributed by atoms with van der Waals surface area (Å²) >= 11 is 0. The molecule has 1 heterocycles. The number of halogens is 3. The van der Waals surface area contributed by atoms with Crippen LogP contribution in [0.15, 0.2) is 54.6 Å². The molecule has 0 fully saturated rings. The molecule has 7 heteroatoms. The van der Waals surface area contributed by atoms with Crippen molar-refractivity contribution < 1.29 is 27.4 Å². The molecule has 0 spiro atoms. The van der Waals surface area contributed by atoms with E-state index in [1.54, 1.807) is 19.1 Å². The number of hydrogen-bond donors (Lipinski definition) is 0. The molecule has 0 amide bonds. The highest BCUT2D eigenvalue weighted by molar-refractivity contribution is 5.75. The number of ether oxygens (including phenoxy) is 2. The average Bonchev–Trinajstić information content (AvgIpc) is 2.82. The van der Waals surface area contributed by atoms with E-state index in [1.807, 2.05) is 31.2 Å². The van der Waals surface area contributed by atoms with Crippen LogP contribution in [-0.2, 0) is 22.1 Å². The highest BCUT2D eigenvalue weighted by Crippen LogP contribution is 2.31. The molecule has 1 unspecified atom stereocenters. The molecule has 4 nitrogen and oxygen atoms in total. The SMILES string of the molecule is CCOC(=O)C(CC)Oc1ccc(CCN2CC=C(c3ccc(C(F)(F)F)cc3)CC2)cc1. The van der Waals surface area contributed by atoms with Gasteiger partial charge in [-0.2, -0.15) is 13.2 Å². The minimum absolute atomic E-state index is 0.329. The molecular weight excluding hydrogens is 431 g/mol. The molecule has 2 aromatic carbocycles. The third-order valence-corrected chi connectivity index (χ3v) is 5.71. The maximum absolute atomic E-state index is 12.7. The first-order valence-electron chi connectivity index (χ1n) is 11.3. The fraction of sp³-hybridized carbons (Fsp3) is 0.423. The fourth-order valence-corrected chi connectivity index (χ4v) is 3.77. The summed E-state index contributed by atoms with van der Waals surface area (Å²) < 4.78 is 49.0. The van der Waals surface area contributed by atoms with Crippen LogP contribution in [0.25, 0.3) is 5.57 Å². The van der Waals surface area contributed by atoms with Crippen LogP contribution in [-0.4, -0.2) is 43.2 Å². The van der Waals surface area contributed by atoms with Crippen LogP contribution in [0.1, 0.15) is 43.4 Å². The fourth-order valence-electron chi connectivity index (χ4n) is 3.77. The molecule has 1 atom stereocenters. The van der Waals surface area contributed by atoms with Gasteiger partial charge in [-0.3, -0.25) is 4.90 Å². The molecule has 0 N–H and O–H groups in total. The number of carbonyl (C=O) groups is 1. The van der Waals surface area contributed by atoms with Gasteiger partial charge in [-0.25, -0.2) is 4.79 Å². The number of rotatable bonds is 9. The van der Waals surface area contributed by atoms with Crippen molar-refractivity contribution in [3.05, 3.63) is 71.3 Å². The Bertz CT molecular complexity index is 937. The van der Waals surface area contributed by atoms with E-state index >= 15 is 0 Å². The first-order chi connectivity index (χ1) is 15.8. The van der Waals surface area contributed by atoms with Gasteiger partial charge in [-0.1, -0.05) is 37.3 Å². The molecule has 0 aromatic heterocycles. The summed E-state index contributed by atoms with van der Waals surface area (Å²) in [6, 6.07) is 13.1. The summed E-state index contributed by atoms with van der Waals surface area (Å²) in [6.07, 6.45) is -0.585. The van der Waals surface area contributed by atoms with Gasteiger partial charge in [-0.15, -0.1) is 0 Å². The molecule has 0 bridgehead atoms. The predicted molar refractivity (Wildman–Crippen MR) is 122 cm³/mol. The van der Waals surface area contributed by atoms with Gasteiger partial charge in [0, 0.05) is 19.6 Å². The van der Waals surface area contributed by atoms with E-state index in [0.717, 1.165) is 55.7 Å². The molecule has 178 valence electrons. The van der Waals surface area contributed by atoms with Crippen molar-refractivity contribution >= 4 is 11.5 Å². The smallest absolute Gasteiger partial charge is 0.416 e. The van der Waals surface area contributed by atoms with Crippen LogP contribution in [0.3, 0.4) is 0 Å². The van der Waals surface area contributed by atoms with Gasteiger partial charge in [0.05, 0.1) is 12.2 Å². The summed E-state index contributed by atoms with van der Waals surface area (Å²) in [7, 11) is 0. The lowest BCUT2D eigenvalue weighted by atomic mass is 9.98. The minimum atomic E-state index is -4.31. The zero-order chi connectivity index (χ0) is 23.8. The van der Waals surface area contributed by atoms with E-state index in [-0.39, 0.29) is 5.97 Å². The Kier molecular flexibility index (Phi) is 8.55. The lowest BCUT2D eigenvalue weighted by Crippen LogP contribution is -2.30. The summed E-state index contributed by atoms with van der Waals surface area (Å²) in [5.41, 5.74) is 2.50. The van der Waals surface area contributed by atoms with Crippen LogP contribution in [0, 0.1) is 0 Å². The molecule has 1 aliphatic heterocycles. The third-order valence-electron chi connectivity index (χ3n) is 5.71. The Morgan fingerprint density at radius 2 is 1.76 bits per heavy atom. The largest absolute Gasteiger partial charge is 0.479 e. The van der Waals surface area contributed by atoms with Gasteiger partial charge in [-0.05, 0) is 67.2 Å². The predicted octanol–water partition coefficient (Wildman–Crippen LogP) is 5.76. The molecule has 33 heavy (non-hydrogen) atoms. The molecular formula is C26H30F3NO3. The molecule has 0 aliphatic carbocycles. The average molecular weight is 462 g/mol. The van der Waals surface area contributed by atoms with Crippen molar-refractivity contribution in [2.45, 2.75) is 45.4 Å². The van der Waals surface area contributed by atoms with E-state index in [0.29, 0.717) is 18.8 Å². The van der Waals surface area contributed by atoms with E-state index < -0.39 is 17.8 Å². The zero-order valence-corrected chi connectivity index (χ0v) is 19.0. The lowest BCUT2D eigenvalue weighted by molar-refractivity contribution is -0.151. The van der Waals surface area contributed by atoms with Crippen molar-refractivity contribution in [2.24, 2.45) is 0 Å². The Morgan fingerprint density at radius 1 is 1.06 bits per heavy atom. The molecule has 0 saturated heterocycles. The monoisotopic (exact) mass is 461 g/mol. The van der Waals surface area contributed by atoms with Crippen molar-refractivity contribution in [3.63, 3.8) is 0 Å². The zero-order valence-electron chi connectivity index (χ0n) is 19.0. The van der Waals surface area contributed by atoms with Crippen molar-refractivity contribution in [2.75, 3.05) is 26.2 Å². The minimum Gasteiger partial charge on any atom is -0.479 e. The molecule has 3 rings (SSSR count). The van der Waals surface area contributed by atoms with Gasteiger partial charge in [0.15, 0.2) is 6.10 Å². The number of nitrogens with zero attached hydrogens (tertiary/aromatic N) is 1. The van der Waals surface area contributed by atoms with Gasteiger partial charge < -0.3 is 9.47 Å². The van der Waals surface area contributed by atoms with Gasteiger partial charge >= 0.3 is 12.1 Å². The van der Waals surface area contributed by atoms with E-state index in [2.05, 4.69) is 11.0 Å². The topological polar surface area (TPSA) is 38.8 Å². The molecule has 2 aromatic rings. The Hall–Kier alpha value is -2.80. The molecule has 1 aliphatic rings. The summed E-state index contributed by atoms with van der Waals surface area (Å²) in [5, 5.41) is 0. The second-order valence-electron chi connectivity index (χ2n) is 8.02. The first kappa shape index (κ1) is 24.8. The number of carbonyl (C=O) groups excluding carboxylic acids is 1. The Balaban J connectivity index is 1.48. The van der Waals surface area contributed by atoms with E-state index in [1.165, 1.54) is 5.56 Å². The number of esters is 1.